The van der Waals surface area contributed by atoms with E-state index in [1.54, 1.807) is 6.07 Å². The molecule has 1 aromatic rings. The lowest BCUT2D eigenvalue weighted by atomic mass is 10.2. The maximum absolute atomic E-state index is 9.50. The Morgan fingerprint density at radius 3 is 3.00 bits per heavy atom. The van der Waals surface area contributed by atoms with Gasteiger partial charge in [-0.25, -0.2) is 4.98 Å². The Morgan fingerprint density at radius 1 is 1.53 bits per heavy atom. The highest BCUT2D eigenvalue weighted by Crippen LogP contribution is 2.21. The number of hydrogen-bond acceptors (Lipinski definition) is 4. The van der Waals surface area contributed by atoms with Crippen LogP contribution in [0.2, 0.25) is 5.15 Å². The van der Waals surface area contributed by atoms with Gasteiger partial charge >= 0.3 is 0 Å². The number of aliphatic hydroxyl groups is 1. The Bertz CT molecular complexity index is 359. The molecule has 1 fully saturated rings. The van der Waals surface area contributed by atoms with E-state index in [-0.39, 0.29) is 6.10 Å². The molecule has 1 aliphatic heterocycles. The summed E-state index contributed by atoms with van der Waals surface area (Å²) < 4.78 is 10.6. The van der Waals surface area contributed by atoms with Crippen molar-refractivity contribution >= 4 is 11.6 Å². The standard InChI is InChI=1S/C10H12ClNO3/c1-6-2-3-9(11)12-10(6)15-8-5-14-4-7(8)13/h2-3,7-8,13H,4-5H2,1H3/t7-,8-/m1/s1. The molecule has 0 radical (unpaired) electrons. The summed E-state index contributed by atoms with van der Waals surface area (Å²) in [7, 11) is 0. The lowest BCUT2D eigenvalue weighted by molar-refractivity contribution is 0.0699. The number of aliphatic hydroxyl groups excluding tert-OH is 1. The summed E-state index contributed by atoms with van der Waals surface area (Å²) in [6.07, 6.45) is -0.945. The quantitative estimate of drug-likeness (QED) is 0.774. The molecule has 0 amide bonds. The second-order valence-corrected chi connectivity index (χ2v) is 3.90. The van der Waals surface area contributed by atoms with Crippen LogP contribution in [-0.4, -0.2) is 35.5 Å². The van der Waals surface area contributed by atoms with Gasteiger partial charge in [0.1, 0.15) is 11.3 Å². The Balaban J connectivity index is 2.12. The van der Waals surface area contributed by atoms with E-state index in [0.29, 0.717) is 24.2 Å². The largest absolute Gasteiger partial charge is 0.469 e. The van der Waals surface area contributed by atoms with Gasteiger partial charge in [-0.3, -0.25) is 0 Å². The molecule has 5 heteroatoms. The number of ether oxygens (including phenoxy) is 2. The Hall–Kier alpha value is -0.840. The molecule has 0 saturated carbocycles. The molecule has 0 aromatic carbocycles. The zero-order valence-corrected chi connectivity index (χ0v) is 9.07. The molecule has 82 valence electrons. The fourth-order valence-corrected chi connectivity index (χ4v) is 1.53. The molecule has 2 rings (SSSR count). The van der Waals surface area contributed by atoms with Crippen molar-refractivity contribution in [1.82, 2.24) is 4.98 Å². The fraction of sp³-hybridized carbons (Fsp3) is 0.500. The van der Waals surface area contributed by atoms with E-state index in [2.05, 4.69) is 4.98 Å². The summed E-state index contributed by atoms with van der Waals surface area (Å²) >= 11 is 5.75. The molecule has 2 atom stereocenters. The van der Waals surface area contributed by atoms with E-state index >= 15 is 0 Å². The second kappa shape index (κ2) is 4.35. The number of nitrogens with zero attached hydrogens (tertiary/aromatic N) is 1. The zero-order valence-electron chi connectivity index (χ0n) is 8.31. The highest BCUT2D eigenvalue weighted by atomic mass is 35.5. The normalized spacial score (nSPS) is 25.5. The SMILES string of the molecule is Cc1ccc(Cl)nc1O[C@@H]1COC[C@H]1O. The third-order valence-corrected chi connectivity index (χ3v) is 2.49. The summed E-state index contributed by atoms with van der Waals surface area (Å²) in [6.45, 7) is 2.57. The number of halogens is 1. The maximum Gasteiger partial charge on any atom is 0.218 e. The predicted octanol–water partition coefficient (Wildman–Crippen LogP) is 1.18. The van der Waals surface area contributed by atoms with Gasteiger partial charge in [0.2, 0.25) is 5.88 Å². The van der Waals surface area contributed by atoms with Crippen LogP contribution in [0, 0.1) is 6.92 Å². The summed E-state index contributed by atoms with van der Waals surface area (Å²) in [6, 6.07) is 3.53. The van der Waals surface area contributed by atoms with E-state index in [9.17, 15) is 5.11 Å². The molecule has 1 aromatic heterocycles. The Kier molecular flexibility index (Phi) is 3.09. The molecule has 0 unspecified atom stereocenters. The molecule has 1 aliphatic rings. The average Bonchev–Trinajstić information content (AvgIpc) is 2.58. The third-order valence-electron chi connectivity index (χ3n) is 2.28. The zero-order chi connectivity index (χ0) is 10.8. The van der Waals surface area contributed by atoms with Crippen molar-refractivity contribution in [2.45, 2.75) is 19.1 Å². The topological polar surface area (TPSA) is 51.6 Å². The van der Waals surface area contributed by atoms with Crippen molar-refractivity contribution in [1.29, 1.82) is 0 Å². The number of rotatable bonds is 2. The predicted molar refractivity (Wildman–Crippen MR) is 55.2 cm³/mol. The lowest BCUT2D eigenvalue weighted by Gasteiger charge is -2.15. The van der Waals surface area contributed by atoms with Crippen molar-refractivity contribution < 1.29 is 14.6 Å². The molecule has 1 saturated heterocycles. The van der Waals surface area contributed by atoms with Gasteiger partial charge in [0, 0.05) is 5.56 Å². The molecular formula is C10H12ClNO3. The van der Waals surface area contributed by atoms with Crippen LogP contribution in [0.5, 0.6) is 5.88 Å². The first-order chi connectivity index (χ1) is 7.16. The smallest absolute Gasteiger partial charge is 0.218 e. The minimum absolute atomic E-state index is 0.310. The first kappa shape index (κ1) is 10.7. The lowest BCUT2D eigenvalue weighted by Crippen LogP contribution is -2.30. The van der Waals surface area contributed by atoms with Gasteiger partial charge in [0.25, 0.3) is 0 Å². The summed E-state index contributed by atoms with van der Waals surface area (Å²) in [5, 5.41) is 9.88. The van der Waals surface area contributed by atoms with Gasteiger partial charge in [-0.05, 0) is 13.0 Å². The van der Waals surface area contributed by atoms with Crippen molar-refractivity contribution in [3.63, 3.8) is 0 Å². The van der Waals surface area contributed by atoms with Crippen LogP contribution in [0.15, 0.2) is 12.1 Å². The van der Waals surface area contributed by atoms with Crippen LogP contribution < -0.4 is 4.74 Å². The van der Waals surface area contributed by atoms with Gasteiger partial charge in [-0.15, -0.1) is 0 Å². The van der Waals surface area contributed by atoms with Gasteiger partial charge in [0.15, 0.2) is 6.10 Å². The van der Waals surface area contributed by atoms with E-state index in [0.717, 1.165) is 5.56 Å². The molecule has 1 N–H and O–H groups in total. The van der Waals surface area contributed by atoms with Crippen LogP contribution in [-0.2, 0) is 4.74 Å². The summed E-state index contributed by atoms with van der Waals surface area (Å²) in [4.78, 5) is 4.05. The third kappa shape index (κ3) is 2.40. The van der Waals surface area contributed by atoms with Crippen molar-refractivity contribution in [3.05, 3.63) is 22.8 Å². The first-order valence-electron chi connectivity index (χ1n) is 4.72. The molecule has 0 spiro atoms. The van der Waals surface area contributed by atoms with E-state index < -0.39 is 6.10 Å². The van der Waals surface area contributed by atoms with Crippen molar-refractivity contribution in [2.24, 2.45) is 0 Å². The Labute approximate surface area is 92.8 Å². The maximum atomic E-state index is 9.50. The highest BCUT2D eigenvalue weighted by Gasteiger charge is 2.28. The molecule has 0 bridgehead atoms. The molecule has 2 heterocycles. The van der Waals surface area contributed by atoms with Crippen LogP contribution in [0.3, 0.4) is 0 Å². The number of hydrogen-bond donors (Lipinski definition) is 1. The average molecular weight is 230 g/mol. The molecule has 4 nitrogen and oxygen atoms in total. The number of aryl methyl sites for hydroxylation is 1. The molecular weight excluding hydrogens is 218 g/mol. The van der Waals surface area contributed by atoms with Crippen molar-refractivity contribution in [3.8, 4) is 5.88 Å². The number of aromatic nitrogens is 1. The van der Waals surface area contributed by atoms with E-state index in [4.69, 9.17) is 21.1 Å². The minimum Gasteiger partial charge on any atom is -0.469 e. The minimum atomic E-state index is -0.592. The first-order valence-corrected chi connectivity index (χ1v) is 5.10. The van der Waals surface area contributed by atoms with Crippen LogP contribution in [0.1, 0.15) is 5.56 Å². The summed E-state index contributed by atoms with van der Waals surface area (Å²) in [5.41, 5.74) is 0.888. The van der Waals surface area contributed by atoms with E-state index in [1.165, 1.54) is 0 Å². The van der Waals surface area contributed by atoms with Crippen LogP contribution in [0.25, 0.3) is 0 Å². The van der Waals surface area contributed by atoms with E-state index in [1.807, 2.05) is 13.0 Å². The monoisotopic (exact) mass is 229 g/mol. The fourth-order valence-electron chi connectivity index (χ4n) is 1.39. The van der Waals surface area contributed by atoms with Crippen LogP contribution >= 0.6 is 11.6 Å². The number of pyridine rings is 1. The Morgan fingerprint density at radius 2 is 2.33 bits per heavy atom. The highest BCUT2D eigenvalue weighted by molar-refractivity contribution is 6.29. The van der Waals surface area contributed by atoms with Gasteiger partial charge in [0.05, 0.1) is 13.2 Å². The summed E-state index contributed by atoms with van der Waals surface area (Å²) in [5.74, 6) is 0.456. The second-order valence-electron chi connectivity index (χ2n) is 3.52. The molecule has 15 heavy (non-hydrogen) atoms. The van der Waals surface area contributed by atoms with Gasteiger partial charge in [-0.1, -0.05) is 17.7 Å². The van der Waals surface area contributed by atoms with Gasteiger partial charge in [-0.2, -0.15) is 0 Å². The molecule has 0 aliphatic carbocycles. The van der Waals surface area contributed by atoms with Crippen molar-refractivity contribution in [2.75, 3.05) is 13.2 Å². The van der Waals surface area contributed by atoms with Crippen LogP contribution in [0.4, 0.5) is 0 Å². The van der Waals surface area contributed by atoms with Gasteiger partial charge < -0.3 is 14.6 Å².